The maximum atomic E-state index is 12.6. The standard InChI is InChI=1S/C12H12F3O2.Li/c13-12(14,15)9-4-3-5-10(8-9)17-11-6-1-2-7-16-11;/h3-4,8,11H,1-2,6-7H2;. The third-order valence-electron chi connectivity index (χ3n) is 2.91. The summed E-state index contributed by atoms with van der Waals surface area (Å²) in [6, 6.07) is 3.51. The monoisotopic (exact) mass is 252 g/mol. The summed E-state index contributed by atoms with van der Waals surface area (Å²) >= 11 is 1.72. The van der Waals surface area contributed by atoms with Crippen molar-refractivity contribution in [2.75, 3.05) is 6.61 Å². The van der Waals surface area contributed by atoms with Gasteiger partial charge in [-0.25, -0.2) is 0 Å². The van der Waals surface area contributed by atoms with Gasteiger partial charge in [-0.05, 0) is 0 Å². The predicted molar refractivity (Wildman–Crippen MR) is 61.1 cm³/mol. The molecular formula is C12H12F3LiO2. The Morgan fingerprint density at radius 1 is 1.28 bits per heavy atom. The number of rotatable bonds is 2. The number of alkyl halides is 3. The van der Waals surface area contributed by atoms with E-state index in [0.717, 1.165) is 31.4 Å². The number of halogens is 3. The van der Waals surface area contributed by atoms with Gasteiger partial charge in [-0.15, -0.1) is 0 Å². The number of benzene rings is 1. The summed E-state index contributed by atoms with van der Waals surface area (Å²) in [7, 11) is 0. The number of ether oxygens (including phenoxy) is 2. The zero-order valence-electron chi connectivity index (χ0n) is 10.1. The van der Waals surface area contributed by atoms with Crippen molar-refractivity contribution < 1.29 is 22.6 Å². The van der Waals surface area contributed by atoms with Crippen LogP contribution in [0.15, 0.2) is 18.2 Å². The van der Waals surface area contributed by atoms with Crippen molar-refractivity contribution >= 4 is 22.0 Å². The molecule has 0 saturated carbocycles. The van der Waals surface area contributed by atoms with Crippen molar-refractivity contribution in [1.82, 2.24) is 0 Å². The fourth-order valence-corrected chi connectivity index (χ4v) is 1.85. The van der Waals surface area contributed by atoms with E-state index < -0.39 is 18.0 Å². The second-order valence-electron chi connectivity index (χ2n) is 4.39. The van der Waals surface area contributed by atoms with Crippen LogP contribution in [0.1, 0.15) is 24.8 Å². The molecule has 18 heavy (non-hydrogen) atoms. The summed E-state index contributed by atoms with van der Waals surface area (Å²) in [5.74, 6) is 0.247. The van der Waals surface area contributed by atoms with Crippen LogP contribution in [0.25, 0.3) is 0 Å². The molecular weight excluding hydrogens is 240 g/mol. The van der Waals surface area contributed by atoms with Crippen LogP contribution >= 0.6 is 0 Å². The summed E-state index contributed by atoms with van der Waals surface area (Å²) in [5.41, 5.74) is -0.695. The maximum absolute atomic E-state index is 12.6. The molecule has 1 fully saturated rings. The molecule has 0 N–H and O–H groups in total. The first-order valence-electron chi connectivity index (χ1n) is 5.93. The quantitative estimate of drug-likeness (QED) is 0.752. The molecule has 2 rings (SSSR count). The van der Waals surface area contributed by atoms with Crippen LogP contribution in [-0.2, 0) is 10.9 Å². The summed E-state index contributed by atoms with van der Waals surface area (Å²) < 4.78 is 49.3. The Labute approximate surface area is 113 Å². The predicted octanol–water partition coefficient (Wildman–Crippen LogP) is 2.40. The van der Waals surface area contributed by atoms with Gasteiger partial charge in [0.25, 0.3) is 0 Å². The van der Waals surface area contributed by atoms with Crippen LogP contribution in [0, 0.1) is 0 Å². The SMILES string of the molecule is [Li][c]1ccc(C(F)(F)F)cc1OC1CCCCO1. The molecule has 0 radical (unpaired) electrons. The number of hydrogen-bond acceptors (Lipinski definition) is 2. The van der Waals surface area contributed by atoms with E-state index >= 15 is 0 Å². The topological polar surface area (TPSA) is 18.5 Å². The summed E-state index contributed by atoms with van der Waals surface area (Å²) in [5, 5.41) is 0. The Morgan fingerprint density at radius 3 is 2.67 bits per heavy atom. The second-order valence-corrected chi connectivity index (χ2v) is 4.39. The fourth-order valence-electron chi connectivity index (χ4n) is 1.85. The van der Waals surface area contributed by atoms with Gasteiger partial charge in [-0.1, -0.05) is 0 Å². The van der Waals surface area contributed by atoms with Gasteiger partial charge in [0, 0.05) is 0 Å². The van der Waals surface area contributed by atoms with Gasteiger partial charge in [0.15, 0.2) is 0 Å². The molecule has 1 unspecified atom stereocenters. The zero-order valence-corrected chi connectivity index (χ0v) is 10.1. The third kappa shape index (κ3) is 3.44. The summed E-state index contributed by atoms with van der Waals surface area (Å²) in [6.07, 6.45) is -2.11. The van der Waals surface area contributed by atoms with E-state index in [2.05, 4.69) is 0 Å². The molecule has 0 aromatic heterocycles. The first-order valence-corrected chi connectivity index (χ1v) is 5.93. The summed E-state index contributed by atoms with van der Waals surface area (Å²) in [6.45, 7) is 0.600. The van der Waals surface area contributed by atoms with E-state index in [1.54, 1.807) is 17.7 Å². The Morgan fingerprint density at radius 2 is 2.06 bits per heavy atom. The average molecular weight is 252 g/mol. The normalized spacial score (nSPS) is 20.8. The van der Waals surface area contributed by atoms with E-state index in [9.17, 15) is 13.2 Å². The minimum atomic E-state index is -4.35. The molecule has 1 aliphatic heterocycles. The zero-order chi connectivity index (χ0) is 13.2. The first kappa shape index (κ1) is 13.8. The van der Waals surface area contributed by atoms with E-state index in [0.29, 0.717) is 10.8 Å². The van der Waals surface area contributed by atoms with E-state index in [1.807, 2.05) is 0 Å². The van der Waals surface area contributed by atoms with Crippen molar-refractivity contribution in [3.05, 3.63) is 23.8 Å². The van der Waals surface area contributed by atoms with Gasteiger partial charge < -0.3 is 0 Å². The Kier molecular flexibility index (Phi) is 4.26. The molecule has 1 atom stereocenters. The molecule has 1 saturated heterocycles. The number of hydrogen-bond donors (Lipinski definition) is 0. The van der Waals surface area contributed by atoms with Crippen LogP contribution in [0.5, 0.6) is 5.75 Å². The molecule has 0 bridgehead atoms. The molecule has 6 heteroatoms. The van der Waals surface area contributed by atoms with E-state index in [4.69, 9.17) is 9.47 Å². The van der Waals surface area contributed by atoms with Gasteiger partial charge in [-0.3, -0.25) is 0 Å². The minimum absolute atomic E-state index is 0.247. The van der Waals surface area contributed by atoms with Gasteiger partial charge in [0.05, 0.1) is 0 Å². The van der Waals surface area contributed by atoms with Crippen molar-refractivity contribution in [2.45, 2.75) is 31.7 Å². The van der Waals surface area contributed by atoms with E-state index in [-0.39, 0.29) is 5.75 Å². The summed E-state index contributed by atoms with van der Waals surface area (Å²) in [4.78, 5) is 0. The molecule has 0 amide bonds. The third-order valence-corrected chi connectivity index (χ3v) is 2.91. The molecule has 2 nitrogen and oxygen atoms in total. The van der Waals surface area contributed by atoms with Crippen molar-refractivity contribution in [2.24, 2.45) is 0 Å². The van der Waals surface area contributed by atoms with E-state index in [1.165, 1.54) is 6.07 Å². The molecule has 0 spiro atoms. The molecule has 1 aromatic carbocycles. The van der Waals surface area contributed by atoms with Crippen LogP contribution < -0.4 is 8.97 Å². The van der Waals surface area contributed by atoms with Gasteiger partial charge in [0.1, 0.15) is 0 Å². The molecule has 1 heterocycles. The van der Waals surface area contributed by atoms with Gasteiger partial charge in [-0.2, -0.15) is 0 Å². The van der Waals surface area contributed by atoms with Crippen LogP contribution in [0.2, 0.25) is 0 Å². The van der Waals surface area contributed by atoms with Gasteiger partial charge >= 0.3 is 112 Å². The van der Waals surface area contributed by atoms with Crippen LogP contribution in [-0.4, -0.2) is 30.6 Å². The first-order chi connectivity index (χ1) is 8.47. The average Bonchev–Trinajstić information content (AvgIpc) is 2.32. The Hall–Kier alpha value is -0.633. The molecule has 0 aliphatic carbocycles. The van der Waals surface area contributed by atoms with Crippen LogP contribution in [0.3, 0.4) is 0 Å². The Balaban J connectivity index is 2.15. The molecule has 94 valence electrons. The van der Waals surface area contributed by atoms with Crippen LogP contribution in [0.4, 0.5) is 13.2 Å². The van der Waals surface area contributed by atoms with Crippen molar-refractivity contribution in [1.29, 1.82) is 0 Å². The van der Waals surface area contributed by atoms with Crippen molar-refractivity contribution in [3.8, 4) is 5.75 Å². The van der Waals surface area contributed by atoms with Gasteiger partial charge in [0.2, 0.25) is 0 Å². The molecule has 1 aromatic rings. The second kappa shape index (κ2) is 5.56. The molecule has 1 aliphatic rings. The van der Waals surface area contributed by atoms with Crippen molar-refractivity contribution in [3.63, 3.8) is 0 Å². The Bertz CT molecular complexity index is 414. The fraction of sp³-hybridized carbons (Fsp3) is 0.500.